The lowest BCUT2D eigenvalue weighted by Gasteiger charge is -2.20. The number of benzene rings is 1. The summed E-state index contributed by atoms with van der Waals surface area (Å²) in [4.78, 5) is 21.4. The van der Waals surface area contributed by atoms with Crippen molar-refractivity contribution in [2.24, 2.45) is 0 Å². The Morgan fingerprint density at radius 1 is 1.32 bits per heavy atom. The topological polar surface area (TPSA) is 74.5 Å². The van der Waals surface area contributed by atoms with Gasteiger partial charge in [0.1, 0.15) is 6.10 Å². The van der Waals surface area contributed by atoms with Gasteiger partial charge in [-0.15, -0.1) is 11.3 Å². The van der Waals surface area contributed by atoms with E-state index in [1.807, 2.05) is 59.8 Å². The minimum absolute atomic E-state index is 0.0117. The van der Waals surface area contributed by atoms with Crippen molar-refractivity contribution in [2.75, 3.05) is 27.2 Å². The van der Waals surface area contributed by atoms with Crippen molar-refractivity contribution in [3.05, 3.63) is 46.2 Å². The van der Waals surface area contributed by atoms with E-state index < -0.39 is 6.10 Å². The first kappa shape index (κ1) is 19.0. The fraction of sp³-hybridized carbons (Fsp3) is 0.450. The second-order valence-corrected chi connectivity index (χ2v) is 8.79. The van der Waals surface area contributed by atoms with Crippen molar-refractivity contribution in [1.82, 2.24) is 24.6 Å². The largest absolute Gasteiger partial charge is 0.385 e. The highest BCUT2D eigenvalue weighted by molar-refractivity contribution is 7.18. The standard InChI is InChI=1S/C20H25N5O2S/c1-13-21-17-9-14(5-6-19(17)28-13)20(27)24-7-4-8-25-15(11-24)10-16(22-25)18(26)12-23(2)3/h5-6,9-10,18,26H,4,7-8,11-12H2,1-3H3/t18-/m0/s1. The van der Waals surface area contributed by atoms with Crippen LogP contribution in [-0.2, 0) is 13.1 Å². The molecule has 0 saturated carbocycles. The molecule has 1 aliphatic heterocycles. The van der Waals surface area contributed by atoms with E-state index in [-0.39, 0.29) is 5.91 Å². The van der Waals surface area contributed by atoms with Crippen molar-refractivity contribution < 1.29 is 9.90 Å². The van der Waals surface area contributed by atoms with Gasteiger partial charge in [0.25, 0.3) is 5.91 Å². The molecule has 1 atom stereocenters. The number of likely N-dealkylation sites (N-methyl/N-ethyl adjacent to an activating group) is 1. The summed E-state index contributed by atoms with van der Waals surface area (Å²) in [6.45, 7) is 4.43. The molecule has 0 bridgehead atoms. The summed E-state index contributed by atoms with van der Waals surface area (Å²) < 4.78 is 3.02. The third kappa shape index (κ3) is 3.80. The summed E-state index contributed by atoms with van der Waals surface area (Å²) in [5.41, 5.74) is 3.17. The van der Waals surface area contributed by atoms with E-state index >= 15 is 0 Å². The first-order valence-corrected chi connectivity index (χ1v) is 10.3. The SMILES string of the molecule is Cc1nc2cc(C(=O)N3CCCn4nc([C@@H](O)CN(C)C)cc4C3)ccc2s1. The van der Waals surface area contributed by atoms with Gasteiger partial charge in [0.15, 0.2) is 0 Å². The molecule has 0 aliphatic carbocycles. The second-order valence-electron chi connectivity index (χ2n) is 7.56. The maximum atomic E-state index is 13.1. The number of hydrogen-bond donors (Lipinski definition) is 1. The maximum Gasteiger partial charge on any atom is 0.254 e. The highest BCUT2D eigenvalue weighted by atomic mass is 32.1. The molecule has 1 aliphatic rings. The van der Waals surface area contributed by atoms with Crippen LogP contribution in [0, 0.1) is 6.92 Å². The van der Waals surface area contributed by atoms with Crippen molar-refractivity contribution in [3.8, 4) is 0 Å². The summed E-state index contributed by atoms with van der Waals surface area (Å²) in [5.74, 6) is 0.0117. The first-order valence-electron chi connectivity index (χ1n) is 9.46. The van der Waals surface area contributed by atoms with E-state index in [2.05, 4.69) is 10.1 Å². The van der Waals surface area contributed by atoms with Crippen LogP contribution in [0.1, 0.15) is 39.3 Å². The van der Waals surface area contributed by atoms with Gasteiger partial charge in [0.2, 0.25) is 0 Å². The van der Waals surface area contributed by atoms with Crippen LogP contribution in [0.3, 0.4) is 0 Å². The van der Waals surface area contributed by atoms with Crippen molar-refractivity contribution in [3.63, 3.8) is 0 Å². The van der Waals surface area contributed by atoms with Gasteiger partial charge in [-0.3, -0.25) is 9.48 Å². The molecule has 0 unspecified atom stereocenters. The van der Waals surface area contributed by atoms with Crippen LogP contribution in [-0.4, -0.2) is 62.8 Å². The number of amides is 1. The summed E-state index contributed by atoms with van der Waals surface area (Å²) in [5, 5.41) is 15.9. The number of aliphatic hydroxyl groups excluding tert-OH is 1. The monoisotopic (exact) mass is 399 g/mol. The minimum Gasteiger partial charge on any atom is -0.385 e. The Morgan fingerprint density at radius 3 is 2.93 bits per heavy atom. The van der Waals surface area contributed by atoms with E-state index in [4.69, 9.17) is 0 Å². The molecule has 2 aromatic heterocycles. The number of carbonyl (C=O) groups excluding carboxylic acids is 1. The number of hydrogen-bond acceptors (Lipinski definition) is 6. The Morgan fingerprint density at radius 2 is 2.14 bits per heavy atom. The molecule has 0 fully saturated rings. The number of fused-ring (bicyclic) bond motifs is 2. The molecule has 3 heterocycles. The van der Waals surface area contributed by atoms with E-state index in [1.165, 1.54) is 0 Å². The van der Waals surface area contributed by atoms with Gasteiger partial charge in [-0.05, 0) is 51.7 Å². The van der Waals surface area contributed by atoms with Gasteiger partial charge in [0.05, 0.1) is 33.2 Å². The lowest BCUT2D eigenvalue weighted by Crippen LogP contribution is -2.30. The fourth-order valence-electron chi connectivity index (χ4n) is 3.62. The molecule has 0 saturated heterocycles. The Bertz CT molecular complexity index is 1010. The zero-order valence-corrected chi connectivity index (χ0v) is 17.2. The van der Waals surface area contributed by atoms with Crippen LogP contribution < -0.4 is 0 Å². The van der Waals surface area contributed by atoms with E-state index in [1.54, 1.807) is 11.3 Å². The van der Waals surface area contributed by atoms with Crippen LogP contribution in [0.25, 0.3) is 10.2 Å². The summed E-state index contributed by atoms with van der Waals surface area (Å²) in [6, 6.07) is 7.67. The average Bonchev–Trinajstić information content (AvgIpc) is 3.16. The zero-order chi connectivity index (χ0) is 19.8. The predicted octanol–water partition coefficient (Wildman–Crippen LogP) is 2.44. The van der Waals surface area contributed by atoms with E-state index in [0.717, 1.165) is 33.9 Å². The molecule has 8 heteroatoms. The quantitative estimate of drug-likeness (QED) is 0.729. The van der Waals surface area contributed by atoms with Gasteiger partial charge in [-0.25, -0.2) is 4.98 Å². The normalized spacial score (nSPS) is 15.7. The van der Waals surface area contributed by atoms with E-state index in [0.29, 0.717) is 30.9 Å². The van der Waals surface area contributed by atoms with Gasteiger partial charge in [0, 0.05) is 25.2 Å². The van der Waals surface area contributed by atoms with Gasteiger partial charge in [-0.1, -0.05) is 0 Å². The molecular weight excluding hydrogens is 374 g/mol. The summed E-state index contributed by atoms with van der Waals surface area (Å²) in [7, 11) is 3.84. The minimum atomic E-state index is -0.631. The summed E-state index contributed by atoms with van der Waals surface area (Å²) >= 11 is 1.64. The number of nitrogens with zero attached hydrogens (tertiary/aromatic N) is 5. The van der Waals surface area contributed by atoms with Crippen molar-refractivity contribution in [1.29, 1.82) is 0 Å². The Hall–Kier alpha value is -2.29. The Balaban J connectivity index is 1.55. The lowest BCUT2D eigenvalue weighted by molar-refractivity contribution is 0.0746. The second kappa shape index (κ2) is 7.62. The molecule has 28 heavy (non-hydrogen) atoms. The first-order chi connectivity index (χ1) is 13.4. The molecule has 0 radical (unpaired) electrons. The third-order valence-corrected chi connectivity index (χ3v) is 5.89. The number of aliphatic hydroxyl groups is 1. The molecule has 148 valence electrons. The van der Waals surface area contributed by atoms with Crippen molar-refractivity contribution in [2.45, 2.75) is 32.5 Å². The number of aromatic nitrogens is 3. The van der Waals surface area contributed by atoms with Crippen LogP contribution in [0.5, 0.6) is 0 Å². The van der Waals surface area contributed by atoms with Crippen molar-refractivity contribution >= 4 is 27.5 Å². The number of thiazole rings is 1. The van der Waals surface area contributed by atoms with Crippen LogP contribution in [0.2, 0.25) is 0 Å². The smallest absolute Gasteiger partial charge is 0.254 e. The van der Waals surface area contributed by atoms with Gasteiger partial charge >= 0.3 is 0 Å². The van der Waals surface area contributed by atoms with Crippen LogP contribution >= 0.6 is 11.3 Å². The molecule has 7 nitrogen and oxygen atoms in total. The number of rotatable bonds is 4. The molecule has 1 amide bonds. The van der Waals surface area contributed by atoms with Gasteiger partial charge < -0.3 is 14.9 Å². The molecule has 0 spiro atoms. The number of aryl methyl sites for hydroxylation is 2. The van der Waals surface area contributed by atoms with Crippen LogP contribution in [0.4, 0.5) is 0 Å². The van der Waals surface area contributed by atoms with E-state index in [9.17, 15) is 9.90 Å². The molecule has 1 aromatic carbocycles. The molecule has 3 aromatic rings. The van der Waals surface area contributed by atoms with Gasteiger partial charge in [-0.2, -0.15) is 5.10 Å². The lowest BCUT2D eigenvalue weighted by atomic mass is 10.1. The average molecular weight is 400 g/mol. The highest BCUT2D eigenvalue weighted by Gasteiger charge is 2.24. The molecule has 1 N–H and O–H groups in total. The highest BCUT2D eigenvalue weighted by Crippen LogP contribution is 2.24. The third-order valence-electron chi connectivity index (χ3n) is 4.94. The molecular formula is C20H25N5O2S. The molecule has 4 rings (SSSR count). The number of carbonyl (C=O) groups is 1. The Kier molecular flexibility index (Phi) is 5.18. The maximum absolute atomic E-state index is 13.1. The predicted molar refractivity (Wildman–Crippen MR) is 109 cm³/mol. The van der Waals surface area contributed by atoms with Crippen LogP contribution in [0.15, 0.2) is 24.3 Å². The zero-order valence-electron chi connectivity index (χ0n) is 16.4. The Labute approximate surface area is 168 Å². The summed E-state index contributed by atoms with van der Waals surface area (Å²) in [6.07, 6.45) is 0.204. The fourth-order valence-corrected chi connectivity index (χ4v) is 4.43.